The maximum absolute atomic E-state index is 13.1. The standard InChI is InChI=1S/C25H29NO7/c1-5-33-17-12-10-16(11-13-17)22(27)20-21(18-8-6-9-19(31-3)24(18)32-4)26(14-7-15-30-2)25(29)23(20)28/h6,8-13,21,27H,5,7,14-15H2,1-4H3/b22-20+. The Morgan fingerprint density at radius 2 is 1.76 bits per heavy atom. The van der Waals surface area contributed by atoms with Gasteiger partial charge in [-0.05, 0) is 43.7 Å². The minimum Gasteiger partial charge on any atom is -0.507 e. The van der Waals surface area contributed by atoms with Crippen LogP contribution in [0.2, 0.25) is 0 Å². The molecule has 8 nitrogen and oxygen atoms in total. The average Bonchev–Trinajstić information content (AvgIpc) is 3.08. The molecule has 1 heterocycles. The lowest BCUT2D eigenvalue weighted by Crippen LogP contribution is -2.31. The van der Waals surface area contributed by atoms with E-state index in [1.54, 1.807) is 49.6 Å². The minimum absolute atomic E-state index is 0.00636. The number of Topliss-reactive ketones (excluding diaryl/α,β-unsaturated/α-hetero) is 1. The normalized spacial score (nSPS) is 17.3. The van der Waals surface area contributed by atoms with Crippen molar-refractivity contribution in [3.63, 3.8) is 0 Å². The molecule has 0 bridgehead atoms. The van der Waals surface area contributed by atoms with E-state index in [0.29, 0.717) is 48.0 Å². The number of benzene rings is 2. The number of carbonyl (C=O) groups is 2. The molecule has 2 aromatic carbocycles. The van der Waals surface area contributed by atoms with Gasteiger partial charge in [0, 0.05) is 31.4 Å². The number of para-hydroxylation sites is 1. The fourth-order valence-corrected chi connectivity index (χ4v) is 3.97. The van der Waals surface area contributed by atoms with Crippen molar-refractivity contribution in [3.05, 3.63) is 59.2 Å². The van der Waals surface area contributed by atoms with Gasteiger partial charge in [-0.3, -0.25) is 9.59 Å². The van der Waals surface area contributed by atoms with E-state index in [4.69, 9.17) is 18.9 Å². The molecule has 2 aromatic rings. The molecular formula is C25H29NO7. The molecular weight excluding hydrogens is 426 g/mol. The number of amides is 1. The van der Waals surface area contributed by atoms with E-state index >= 15 is 0 Å². The maximum Gasteiger partial charge on any atom is 0.295 e. The molecule has 1 amide bonds. The number of nitrogens with zero attached hydrogens (tertiary/aromatic N) is 1. The molecule has 176 valence electrons. The van der Waals surface area contributed by atoms with Crippen molar-refractivity contribution in [1.82, 2.24) is 4.90 Å². The second-order valence-electron chi connectivity index (χ2n) is 7.38. The SMILES string of the molecule is CCOc1ccc(/C(O)=C2\C(=O)C(=O)N(CCCOC)C2c2cccc(OC)c2OC)cc1. The van der Waals surface area contributed by atoms with Crippen molar-refractivity contribution in [3.8, 4) is 17.2 Å². The summed E-state index contributed by atoms with van der Waals surface area (Å²) in [6.45, 7) is 3.07. The molecule has 1 N–H and O–H groups in total. The third-order valence-electron chi connectivity index (χ3n) is 5.45. The van der Waals surface area contributed by atoms with Crippen LogP contribution in [0.4, 0.5) is 0 Å². The first kappa shape index (κ1) is 24.1. The van der Waals surface area contributed by atoms with Crippen LogP contribution in [0.1, 0.15) is 30.5 Å². The van der Waals surface area contributed by atoms with Crippen molar-refractivity contribution in [1.29, 1.82) is 0 Å². The van der Waals surface area contributed by atoms with Gasteiger partial charge in [0.1, 0.15) is 11.5 Å². The summed E-state index contributed by atoms with van der Waals surface area (Å²) in [5, 5.41) is 11.2. The number of aliphatic hydroxyl groups is 1. The van der Waals surface area contributed by atoms with Gasteiger partial charge in [0.2, 0.25) is 0 Å². The van der Waals surface area contributed by atoms with Crippen LogP contribution in [0.3, 0.4) is 0 Å². The van der Waals surface area contributed by atoms with Crippen LogP contribution in [-0.4, -0.2) is 62.8 Å². The summed E-state index contributed by atoms with van der Waals surface area (Å²) in [5.74, 6) is -0.220. The summed E-state index contributed by atoms with van der Waals surface area (Å²) in [4.78, 5) is 27.6. The van der Waals surface area contributed by atoms with Gasteiger partial charge in [0.05, 0.1) is 32.4 Å². The van der Waals surface area contributed by atoms with Gasteiger partial charge in [-0.2, -0.15) is 0 Å². The summed E-state index contributed by atoms with van der Waals surface area (Å²) >= 11 is 0. The zero-order valence-corrected chi connectivity index (χ0v) is 19.3. The number of ether oxygens (including phenoxy) is 4. The second kappa shape index (κ2) is 10.9. The third kappa shape index (κ3) is 4.80. The molecule has 1 atom stereocenters. The number of carbonyl (C=O) groups excluding carboxylic acids is 2. The van der Waals surface area contributed by atoms with E-state index in [1.165, 1.54) is 19.1 Å². The van der Waals surface area contributed by atoms with Crippen LogP contribution < -0.4 is 14.2 Å². The molecule has 1 unspecified atom stereocenters. The zero-order valence-electron chi connectivity index (χ0n) is 19.3. The smallest absolute Gasteiger partial charge is 0.295 e. The van der Waals surface area contributed by atoms with E-state index in [-0.39, 0.29) is 17.9 Å². The van der Waals surface area contributed by atoms with Gasteiger partial charge in [0.15, 0.2) is 11.5 Å². The molecule has 3 rings (SSSR count). The van der Waals surface area contributed by atoms with Gasteiger partial charge in [0.25, 0.3) is 11.7 Å². The van der Waals surface area contributed by atoms with Gasteiger partial charge in [-0.1, -0.05) is 12.1 Å². The summed E-state index contributed by atoms with van der Waals surface area (Å²) < 4.78 is 21.6. The number of hydrogen-bond acceptors (Lipinski definition) is 7. The summed E-state index contributed by atoms with van der Waals surface area (Å²) in [6.07, 6.45) is 0.523. The molecule has 1 aliphatic rings. The van der Waals surface area contributed by atoms with Crippen LogP contribution in [0.5, 0.6) is 17.2 Å². The number of rotatable bonds is 10. The lowest BCUT2D eigenvalue weighted by atomic mass is 9.94. The van der Waals surface area contributed by atoms with Crippen LogP contribution >= 0.6 is 0 Å². The van der Waals surface area contributed by atoms with Gasteiger partial charge in [-0.25, -0.2) is 0 Å². The van der Waals surface area contributed by atoms with Crippen molar-refractivity contribution >= 4 is 17.4 Å². The number of aliphatic hydroxyl groups excluding tert-OH is 1. The number of methoxy groups -OCH3 is 3. The van der Waals surface area contributed by atoms with E-state index < -0.39 is 17.7 Å². The molecule has 8 heteroatoms. The monoisotopic (exact) mass is 455 g/mol. The van der Waals surface area contributed by atoms with Crippen molar-refractivity contribution in [2.75, 3.05) is 41.1 Å². The number of ketones is 1. The Bertz CT molecular complexity index is 1030. The molecule has 1 fully saturated rings. The fourth-order valence-electron chi connectivity index (χ4n) is 3.97. The molecule has 0 spiro atoms. The molecule has 0 aliphatic carbocycles. The van der Waals surface area contributed by atoms with E-state index in [9.17, 15) is 14.7 Å². The Labute approximate surface area is 193 Å². The third-order valence-corrected chi connectivity index (χ3v) is 5.45. The number of likely N-dealkylation sites (tertiary alicyclic amines) is 1. The molecule has 33 heavy (non-hydrogen) atoms. The highest BCUT2D eigenvalue weighted by atomic mass is 16.5. The largest absolute Gasteiger partial charge is 0.507 e. The van der Waals surface area contributed by atoms with Crippen LogP contribution in [0.15, 0.2) is 48.0 Å². The second-order valence-corrected chi connectivity index (χ2v) is 7.38. The minimum atomic E-state index is -0.849. The summed E-state index contributed by atoms with van der Waals surface area (Å²) in [7, 11) is 4.57. The Morgan fingerprint density at radius 1 is 1.03 bits per heavy atom. The maximum atomic E-state index is 13.1. The van der Waals surface area contributed by atoms with E-state index in [0.717, 1.165) is 0 Å². The van der Waals surface area contributed by atoms with Crippen LogP contribution in [0, 0.1) is 0 Å². The molecule has 1 aliphatic heterocycles. The van der Waals surface area contributed by atoms with Crippen molar-refractivity contribution in [2.45, 2.75) is 19.4 Å². The van der Waals surface area contributed by atoms with E-state index in [2.05, 4.69) is 0 Å². The Kier molecular flexibility index (Phi) is 7.95. The van der Waals surface area contributed by atoms with Gasteiger partial charge in [-0.15, -0.1) is 0 Å². The topological polar surface area (TPSA) is 94.5 Å². The average molecular weight is 456 g/mol. The first-order valence-corrected chi connectivity index (χ1v) is 10.7. The highest BCUT2D eigenvalue weighted by Gasteiger charge is 2.47. The highest BCUT2D eigenvalue weighted by molar-refractivity contribution is 6.46. The predicted octanol–water partition coefficient (Wildman–Crippen LogP) is 3.56. The fraction of sp³-hybridized carbons (Fsp3) is 0.360. The molecule has 0 radical (unpaired) electrons. The predicted molar refractivity (Wildman–Crippen MR) is 123 cm³/mol. The number of hydrogen-bond donors (Lipinski definition) is 1. The highest BCUT2D eigenvalue weighted by Crippen LogP contribution is 2.45. The Balaban J connectivity index is 2.17. The molecule has 1 saturated heterocycles. The lowest BCUT2D eigenvalue weighted by molar-refractivity contribution is -0.140. The first-order valence-electron chi connectivity index (χ1n) is 10.7. The van der Waals surface area contributed by atoms with Gasteiger partial charge < -0.3 is 29.0 Å². The summed E-state index contributed by atoms with van der Waals surface area (Å²) in [6, 6.07) is 11.1. The van der Waals surface area contributed by atoms with Crippen molar-refractivity contribution in [2.24, 2.45) is 0 Å². The summed E-state index contributed by atoms with van der Waals surface area (Å²) in [5.41, 5.74) is 0.939. The zero-order chi connectivity index (χ0) is 24.0. The van der Waals surface area contributed by atoms with Crippen LogP contribution in [0.25, 0.3) is 5.76 Å². The van der Waals surface area contributed by atoms with Gasteiger partial charge >= 0.3 is 0 Å². The molecule has 0 saturated carbocycles. The first-order chi connectivity index (χ1) is 16.0. The molecule has 0 aromatic heterocycles. The lowest BCUT2D eigenvalue weighted by Gasteiger charge is -2.27. The Hall–Kier alpha value is -3.52. The van der Waals surface area contributed by atoms with E-state index in [1.807, 2.05) is 6.92 Å². The Morgan fingerprint density at radius 3 is 2.36 bits per heavy atom. The van der Waals surface area contributed by atoms with Crippen LogP contribution in [-0.2, 0) is 14.3 Å². The van der Waals surface area contributed by atoms with Crippen molar-refractivity contribution < 1.29 is 33.6 Å². The quantitative estimate of drug-likeness (QED) is 0.253.